The average molecular weight is 802 g/mol. The minimum absolute atomic E-state index is 0.0900. The number of carbonyl (C=O) groups is 2. The zero-order valence-electron chi connectivity index (χ0n) is 34.7. The lowest BCUT2D eigenvalue weighted by Crippen LogP contribution is -2.37. The molecule has 3 N–H and O–H groups in total. The summed E-state index contributed by atoms with van der Waals surface area (Å²) in [5.74, 6) is -1.78. The van der Waals surface area contributed by atoms with Crippen LogP contribution in [0.2, 0.25) is 0 Å². The first kappa shape index (κ1) is 51.1. The molecule has 55 heavy (non-hydrogen) atoms. The first-order valence-corrected chi connectivity index (χ1v) is 22.4. The molecule has 0 bridgehead atoms. The summed E-state index contributed by atoms with van der Waals surface area (Å²) < 4.78 is 33.7. The lowest BCUT2D eigenvalue weighted by molar-refractivity contribution is -0.870. The van der Waals surface area contributed by atoms with Crippen molar-refractivity contribution in [2.45, 2.75) is 160 Å². The van der Waals surface area contributed by atoms with E-state index in [1.807, 2.05) is 21.1 Å². The topological polar surface area (TPSA) is 172 Å². The van der Waals surface area contributed by atoms with Crippen LogP contribution in [0.4, 0.5) is 0 Å². The third-order valence-electron chi connectivity index (χ3n) is 9.74. The van der Waals surface area contributed by atoms with Gasteiger partial charge in [0, 0.05) is 18.8 Å². The zero-order chi connectivity index (χ0) is 41.0. The zero-order valence-corrected chi connectivity index (χ0v) is 35.6. The van der Waals surface area contributed by atoms with Gasteiger partial charge in [0.25, 0.3) is 7.82 Å². The highest BCUT2D eigenvalue weighted by Gasteiger charge is 2.39. The van der Waals surface area contributed by atoms with Gasteiger partial charge in [-0.15, -0.1) is 0 Å². The molecule has 0 aliphatic heterocycles. The number of unbranched alkanes of at least 4 members (excludes halogenated alkanes) is 11. The summed E-state index contributed by atoms with van der Waals surface area (Å²) >= 11 is 0. The molecule has 0 aromatic rings. The molecule has 13 heteroatoms. The van der Waals surface area contributed by atoms with Gasteiger partial charge in [-0.2, -0.15) is 0 Å². The highest BCUT2D eigenvalue weighted by Crippen LogP contribution is 2.38. The van der Waals surface area contributed by atoms with Gasteiger partial charge in [-0.25, -0.2) is 0 Å². The SMILES string of the molecule is CCCCCC/C=C\CCCCCCCC(=O)OC[C@H](COP(=O)([O-])OCC[N+](C)(C)C)OC(=O)C/C=C\C[C@H]1[C@@H](/C=C/[C@H](O)CCCCC)[C@H](O)C[C@@H]1O. The summed E-state index contributed by atoms with van der Waals surface area (Å²) in [6, 6.07) is 0. The molecule has 320 valence electrons. The molecule has 1 unspecified atom stereocenters. The Hall–Kier alpha value is -1.89. The van der Waals surface area contributed by atoms with E-state index in [4.69, 9.17) is 18.5 Å². The Morgan fingerprint density at radius 3 is 2.13 bits per heavy atom. The van der Waals surface area contributed by atoms with Gasteiger partial charge in [-0.3, -0.25) is 14.2 Å². The first-order valence-electron chi connectivity index (χ1n) is 21.0. The number of aliphatic hydroxyl groups is 3. The molecule has 12 nitrogen and oxygen atoms in total. The fourth-order valence-electron chi connectivity index (χ4n) is 6.33. The van der Waals surface area contributed by atoms with Crippen LogP contribution in [-0.4, -0.2) is 104 Å². The van der Waals surface area contributed by atoms with Crippen LogP contribution in [0.25, 0.3) is 0 Å². The molecule has 1 aliphatic rings. The van der Waals surface area contributed by atoms with E-state index >= 15 is 0 Å². The van der Waals surface area contributed by atoms with Crippen LogP contribution in [0.15, 0.2) is 36.5 Å². The third-order valence-corrected chi connectivity index (χ3v) is 10.7. The number of hydrogen-bond donors (Lipinski definition) is 3. The van der Waals surface area contributed by atoms with E-state index in [1.54, 1.807) is 24.3 Å². The van der Waals surface area contributed by atoms with Crippen LogP contribution in [0, 0.1) is 11.8 Å². The molecule has 1 rings (SSSR count). The number of nitrogens with zero attached hydrogens (tertiary/aromatic N) is 1. The molecule has 1 fully saturated rings. The van der Waals surface area contributed by atoms with Crippen molar-refractivity contribution in [2.24, 2.45) is 11.8 Å². The normalized spacial score (nSPS) is 21.4. The molecular formula is C42H76NO11P. The van der Waals surface area contributed by atoms with Gasteiger partial charge in [-0.05, 0) is 50.9 Å². The molecule has 0 aromatic carbocycles. The molecular weight excluding hydrogens is 725 g/mol. The Labute approximate surface area is 332 Å². The lowest BCUT2D eigenvalue weighted by atomic mass is 9.89. The van der Waals surface area contributed by atoms with E-state index in [0.717, 1.165) is 57.8 Å². The highest BCUT2D eigenvalue weighted by atomic mass is 31.2. The van der Waals surface area contributed by atoms with Gasteiger partial charge in [0.1, 0.15) is 19.8 Å². The fraction of sp³-hybridized carbons (Fsp3) is 0.810. The standard InChI is InChI=1S/C42H76NO11P/c1-6-8-10-11-12-13-14-15-16-17-18-19-21-26-41(47)51-33-36(34-53-55(49,50)52-31-30-43(3,4)5)54-42(48)27-23-22-25-37-38(40(46)32-39(37)45)29-28-35(44)24-20-9-7-2/h13-14,22-23,28-29,35-40,44-46H,6-12,15-21,24-27,30-34H2,1-5H3/b14-13-,23-22-,29-28+/t35-,36-,37+,38-,39+,40-/m1/s1. The molecule has 0 saturated heterocycles. The van der Waals surface area contributed by atoms with Crippen molar-refractivity contribution < 1.29 is 57.4 Å². The number of quaternary nitrogens is 1. The van der Waals surface area contributed by atoms with E-state index in [9.17, 15) is 34.4 Å². The number of aliphatic hydroxyl groups excluding tert-OH is 3. The second-order valence-corrected chi connectivity index (χ2v) is 17.4. The van der Waals surface area contributed by atoms with Crippen LogP contribution < -0.4 is 4.89 Å². The van der Waals surface area contributed by atoms with Gasteiger partial charge >= 0.3 is 11.9 Å². The Balaban J connectivity index is 2.61. The van der Waals surface area contributed by atoms with Crippen molar-refractivity contribution in [3.8, 4) is 0 Å². The van der Waals surface area contributed by atoms with Gasteiger partial charge in [0.2, 0.25) is 0 Å². The minimum atomic E-state index is -4.72. The number of hydrogen-bond acceptors (Lipinski definition) is 11. The number of phosphoric ester groups is 1. The third kappa shape index (κ3) is 27.4. The van der Waals surface area contributed by atoms with E-state index < -0.39 is 50.8 Å². The van der Waals surface area contributed by atoms with E-state index in [-0.39, 0.29) is 44.3 Å². The smallest absolute Gasteiger partial charge is 0.310 e. The molecule has 1 saturated carbocycles. The predicted molar refractivity (Wildman–Crippen MR) is 215 cm³/mol. The number of likely N-dealkylation sites (N-methyl/N-ethyl adjacent to an activating group) is 1. The summed E-state index contributed by atoms with van der Waals surface area (Å²) in [4.78, 5) is 37.7. The Morgan fingerprint density at radius 2 is 1.45 bits per heavy atom. The van der Waals surface area contributed by atoms with Gasteiger partial charge < -0.3 is 43.2 Å². The first-order chi connectivity index (χ1) is 26.2. The van der Waals surface area contributed by atoms with Crippen molar-refractivity contribution >= 4 is 19.8 Å². The molecule has 0 amide bonds. The van der Waals surface area contributed by atoms with Crippen LogP contribution >= 0.6 is 7.82 Å². The maximum absolute atomic E-state index is 12.8. The number of esters is 2. The van der Waals surface area contributed by atoms with E-state index in [1.165, 1.54) is 25.7 Å². The minimum Gasteiger partial charge on any atom is -0.756 e. The van der Waals surface area contributed by atoms with Gasteiger partial charge in [0.05, 0.1) is 52.5 Å². The molecule has 0 spiro atoms. The van der Waals surface area contributed by atoms with Crippen molar-refractivity contribution in [2.75, 3.05) is 47.5 Å². The largest absolute Gasteiger partial charge is 0.756 e. The van der Waals surface area contributed by atoms with E-state index in [0.29, 0.717) is 30.3 Å². The van der Waals surface area contributed by atoms with Crippen molar-refractivity contribution in [1.29, 1.82) is 0 Å². The molecule has 0 heterocycles. The fourth-order valence-corrected chi connectivity index (χ4v) is 7.06. The molecule has 0 aromatic heterocycles. The molecule has 0 radical (unpaired) electrons. The Morgan fingerprint density at radius 1 is 0.818 bits per heavy atom. The molecule has 1 aliphatic carbocycles. The number of carbonyl (C=O) groups excluding carboxylic acids is 2. The van der Waals surface area contributed by atoms with Crippen LogP contribution in [0.1, 0.15) is 136 Å². The Kier molecular flexibility index (Phi) is 28.1. The summed E-state index contributed by atoms with van der Waals surface area (Å²) in [5.41, 5.74) is 0. The van der Waals surface area contributed by atoms with Crippen LogP contribution in [0.5, 0.6) is 0 Å². The summed E-state index contributed by atoms with van der Waals surface area (Å²) in [6.07, 6.45) is 24.5. The quantitative estimate of drug-likeness (QED) is 0.0203. The van der Waals surface area contributed by atoms with E-state index in [2.05, 4.69) is 26.0 Å². The summed E-state index contributed by atoms with van der Waals surface area (Å²) in [7, 11) is 0.962. The van der Waals surface area contributed by atoms with Crippen molar-refractivity contribution in [3.63, 3.8) is 0 Å². The number of rotatable bonds is 33. The number of allylic oxidation sites excluding steroid dienone is 3. The number of ether oxygens (including phenoxy) is 2. The second kappa shape index (κ2) is 30.2. The van der Waals surface area contributed by atoms with Crippen molar-refractivity contribution in [1.82, 2.24) is 0 Å². The maximum Gasteiger partial charge on any atom is 0.310 e. The second-order valence-electron chi connectivity index (χ2n) is 16.0. The van der Waals surface area contributed by atoms with Gasteiger partial charge in [-0.1, -0.05) is 108 Å². The lowest BCUT2D eigenvalue weighted by Gasteiger charge is -2.28. The predicted octanol–water partition coefficient (Wildman–Crippen LogP) is 7.10. The van der Waals surface area contributed by atoms with Crippen LogP contribution in [-0.2, 0) is 32.7 Å². The molecule has 7 atom stereocenters. The van der Waals surface area contributed by atoms with Gasteiger partial charge in [0.15, 0.2) is 6.10 Å². The number of phosphoric acid groups is 1. The van der Waals surface area contributed by atoms with Crippen molar-refractivity contribution in [3.05, 3.63) is 36.5 Å². The Bertz CT molecular complexity index is 1150. The van der Waals surface area contributed by atoms with Crippen LogP contribution in [0.3, 0.4) is 0 Å². The maximum atomic E-state index is 12.8. The monoisotopic (exact) mass is 802 g/mol. The summed E-state index contributed by atoms with van der Waals surface area (Å²) in [6.45, 7) is 3.69. The highest BCUT2D eigenvalue weighted by molar-refractivity contribution is 7.45. The average Bonchev–Trinajstić information content (AvgIpc) is 3.39. The summed E-state index contributed by atoms with van der Waals surface area (Å²) in [5, 5.41) is 31.4.